The van der Waals surface area contributed by atoms with Crippen LogP contribution in [0.25, 0.3) is 0 Å². The third-order valence-electron chi connectivity index (χ3n) is 7.24. The van der Waals surface area contributed by atoms with Crippen LogP contribution in [0, 0.1) is 5.92 Å². The Balaban J connectivity index is 1.20. The summed E-state index contributed by atoms with van der Waals surface area (Å²) in [6.07, 6.45) is 6.34. The summed E-state index contributed by atoms with van der Waals surface area (Å²) in [7, 11) is 3.26. The van der Waals surface area contributed by atoms with E-state index in [-0.39, 0.29) is 5.91 Å². The molecule has 12 heteroatoms. The van der Waals surface area contributed by atoms with E-state index in [1.165, 1.54) is 32.1 Å². The van der Waals surface area contributed by atoms with Gasteiger partial charge in [0, 0.05) is 37.8 Å². The van der Waals surface area contributed by atoms with Crippen molar-refractivity contribution in [1.29, 1.82) is 0 Å². The van der Waals surface area contributed by atoms with Crippen molar-refractivity contribution < 1.29 is 23.7 Å². The number of carbonyl (C=O) groups is 1. The van der Waals surface area contributed by atoms with E-state index in [2.05, 4.69) is 36.2 Å². The first-order chi connectivity index (χ1) is 21.6. The molecule has 0 unspecified atom stereocenters. The second-order valence-electron chi connectivity index (χ2n) is 10.5. The molecule has 1 aliphatic carbocycles. The highest BCUT2D eigenvalue weighted by atomic mass is 16.5. The van der Waals surface area contributed by atoms with Crippen LogP contribution in [-0.2, 0) is 16.0 Å². The summed E-state index contributed by atoms with van der Waals surface area (Å²) in [6, 6.07) is 14.8. The van der Waals surface area contributed by atoms with Crippen LogP contribution in [0.1, 0.15) is 48.0 Å². The Labute approximate surface area is 259 Å². The average Bonchev–Trinajstić information content (AvgIpc) is 3.07. The molecule has 0 bridgehead atoms. The van der Waals surface area contributed by atoms with E-state index in [9.17, 15) is 4.79 Å². The smallest absolute Gasteiger partial charge is 0.251 e. The number of anilines is 3. The van der Waals surface area contributed by atoms with Crippen molar-refractivity contribution in [2.45, 2.75) is 38.6 Å². The Kier molecular flexibility index (Phi) is 13.8. The van der Waals surface area contributed by atoms with Crippen molar-refractivity contribution in [2.24, 2.45) is 5.92 Å². The minimum atomic E-state index is -0.110. The molecule has 0 radical (unpaired) electrons. The fourth-order valence-corrected chi connectivity index (χ4v) is 4.87. The van der Waals surface area contributed by atoms with Crippen LogP contribution in [0.4, 0.5) is 17.8 Å². The van der Waals surface area contributed by atoms with E-state index < -0.39 is 0 Å². The molecule has 1 saturated carbocycles. The van der Waals surface area contributed by atoms with E-state index in [4.69, 9.17) is 18.9 Å². The lowest BCUT2D eigenvalue weighted by atomic mass is 9.89. The number of hydrogen-bond acceptors (Lipinski definition) is 11. The van der Waals surface area contributed by atoms with Gasteiger partial charge in [0.05, 0.1) is 40.6 Å². The van der Waals surface area contributed by atoms with Gasteiger partial charge in [-0.3, -0.25) is 4.79 Å². The summed E-state index contributed by atoms with van der Waals surface area (Å²) in [6.45, 7) is 4.03. The largest absolute Gasteiger partial charge is 0.497 e. The lowest BCUT2D eigenvalue weighted by Gasteiger charge is -2.21. The van der Waals surface area contributed by atoms with Gasteiger partial charge in [0.25, 0.3) is 5.91 Å². The molecule has 44 heavy (non-hydrogen) atoms. The standard InChI is InChI=1S/C32H45N7O5/c1-41-27-19-25(20-28(21-27)42-2)23-36-32-38-30(37-31(39-32)35-22-24-9-5-3-6-10-24)34-14-16-44-18-17-43-15-13-33-29(40)26-11-7-4-8-12-26/h4,7-8,11-12,19-21,24H,3,5-6,9-10,13-18,22-23H2,1-2H3,(H,33,40)(H3,34,35,36,37,38,39). The van der Waals surface area contributed by atoms with Crippen LogP contribution < -0.4 is 30.7 Å². The molecule has 1 aromatic heterocycles. The molecular formula is C32H45N7O5. The average molecular weight is 608 g/mol. The van der Waals surface area contributed by atoms with Gasteiger partial charge < -0.3 is 40.2 Å². The minimum absolute atomic E-state index is 0.110. The van der Waals surface area contributed by atoms with Crippen LogP contribution >= 0.6 is 0 Å². The molecule has 1 amide bonds. The van der Waals surface area contributed by atoms with Gasteiger partial charge in [0.1, 0.15) is 11.5 Å². The van der Waals surface area contributed by atoms with Crippen molar-refractivity contribution in [3.05, 3.63) is 59.7 Å². The zero-order valence-electron chi connectivity index (χ0n) is 25.8. The Hall–Kier alpha value is -4.16. The second kappa shape index (κ2) is 18.5. The highest BCUT2D eigenvalue weighted by molar-refractivity contribution is 5.94. The maximum atomic E-state index is 12.0. The molecule has 0 aliphatic heterocycles. The number of hydrogen-bond donors (Lipinski definition) is 4. The Bertz CT molecular complexity index is 1250. The number of carbonyl (C=O) groups excluding carboxylic acids is 1. The fraction of sp³-hybridized carbons (Fsp3) is 0.500. The number of amides is 1. The van der Waals surface area contributed by atoms with Gasteiger partial charge in [-0.1, -0.05) is 37.5 Å². The number of ether oxygens (including phenoxy) is 4. The summed E-state index contributed by atoms with van der Waals surface area (Å²) < 4.78 is 22.0. The second-order valence-corrected chi connectivity index (χ2v) is 10.5. The zero-order chi connectivity index (χ0) is 30.8. The molecule has 1 aliphatic rings. The third kappa shape index (κ3) is 11.5. The van der Waals surface area contributed by atoms with Crippen molar-refractivity contribution in [2.75, 3.05) is 76.2 Å². The molecule has 4 N–H and O–H groups in total. The lowest BCUT2D eigenvalue weighted by Crippen LogP contribution is -2.27. The van der Waals surface area contributed by atoms with Crippen LogP contribution in [0.5, 0.6) is 11.5 Å². The first-order valence-corrected chi connectivity index (χ1v) is 15.3. The summed E-state index contributed by atoms with van der Waals surface area (Å²) in [5.41, 5.74) is 1.61. The molecule has 1 heterocycles. The molecule has 12 nitrogen and oxygen atoms in total. The van der Waals surface area contributed by atoms with E-state index >= 15 is 0 Å². The SMILES string of the molecule is COc1cc(CNc2nc(NCCOCCOCCNC(=O)c3ccccc3)nc(NCC3CCCCC3)n2)cc(OC)c1. The Morgan fingerprint density at radius 3 is 2.02 bits per heavy atom. The molecule has 0 saturated heterocycles. The van der Waals surface area contributed by atoms with Crippen LogP contribution in [0.15, 0.2) is 48.5 Å². The number of benzene rings is 2. The van der Waals surface area contributed by atoms with E-state index in [1.807, 2.05) is 36.4 Å². The number of methoxy groups -OCH3 is 2. The maximum absolute atomic E-state index is 12.0. The van der Waals surface area contributed by atoms with Gasteiger partial charge in [-0.05, 0) is 48.6 Å². The number of nitrogens with zero attached hydrogens (tertiary/aromatic N) is 3. The van der Waals surface area contributed by atoms with Crippen molar-refractivity contribution in [1.82, 2.24) is 20.3 Å². The monoisotopic (exact) mass is 607 g/mol. The molecule has 238 valence electrons. The topological polar surface area (TPSA) is 141 Å². The van der Waals surface area contributed by atoms with E-state index in [1.54, 1.807) is 26.4 Å². The highest BCUT2D eigenvalue weighted by Gasteiger charge is 2.15. The van der Waals surface area contributed by atoms with Gasteiger partial charge in [-0.25, -0.2) is 0 Å². The quantitative estimate of drug-likeness (QED) is 0.144. The van der Waals surface area contributed by atoms with Gasteiger partial charge in [-0.15, -0.1) is 0 Å². The molecular weight excluding hydrogens is 562 g/mol. The summed E-state index contributed by atoms with van der Waals surface area (Å²) in [4.78, 5) is 25.8. The first kappa shape index (κ1) is 32.7. The fourth-order valence-electron chi connectivity index (χ4n) is 4.87. The molecule has 0 spiro atoms. The highest BCUT2D eigenvalue weighted by Crippen LogP contribution is 2.25. The molecule has 1 fully saturated rings. The molecule has 4 rings (SSSR count). The van der Waals surface area contributed by atoms with E-state index in [0.29, 0.717) is 86.9 Å². The number of rotatable bonds is 19. The zero-order valence-corrected chi connectivity index (χ0v) is 25.8. The van der Waals surface area contributed by atoms with Crippen LogP contribution in [0.2, 0.25) is 0 Å². The van der Waals surface area contributed by atoms with Crippen molar-refractivity contribution >= 4 is 23.8 Å². The molecule has 2 aromatic carbocycles. The predicted octanol–water partition coefficient (Wildman–Crippen LogP) is 4.37. The first-order valence-electron chi connectivity index (χ1n) is 15.3. The van der Waals surface area contributed by atoms with Crippen molar-refractivity contribution in [3.8, 4) is 11.5 Å². The van der Waals surface area contributed by atoms with Gasteiger partial charge in [0.2, 0.25) is 17.8 Å². The summed E-state index contributed by atoms with van der Waals surface area (Å²) in [5, 5.41) is 12.8. The van der Waals surface area contributed by atoms with Gasteiger partial charge in [0.15, 0.2) is 0 Å². The number of nitrogens with one attached hydrogen (secondary N) is 4. The van der Waals surface area contributed by atoms with Gasteiger partial charge >= 0.3 is 0 Å². The van der Waals surface area contributed by atoms with Crippen LogP contribution in [0.3, 0.4) is 0 Å². The normalized spacial score (nSPS) is 13.2. The maximum Gasteiger partial charge on any atom is 0.251 e. The van der Waals surface area contributed by atoms with Gasteiger partial charge in [-0.2, -0.15) is 15.0 Å². The summed E-state index contributed by atoms with van der Waals surface area (Å²) >= 11 is 0. The molecule has 0 atom stereocenters. The Morgan fingerprint density at radius 1 is 0.750 bits per heavy atom. The Morgan fingerprint density at radius 2 is 1.36 bits per heavy atom. The van der Waals surface area contributed by atoms with E-state index in [0.717, 1.165) is 12.1 Å². The van der Waals surface area contributed by atoms with Crippen molar-refractivity contribution in [3.63, 3.8) is 0 Å². The lowest BCUT2D eigenvalue weighted by molar-refractivity contribution is 0.0519. The summed E-state index contributed by atoms with van der Waals surface area (Å²) in [5.74, 6) is 3.42. The minimum Gasteiger partial charge on any atom is -0.497 e. The molecule has 3 aromatic rings. The number of aromatic nitrogens is 3. The third-order valence-corrected chi connectivity index (χ3v) is 7.24. The van der Waals surface area contributed by atoms with Crippen LogP contribution in [-0.4, -0.2) is 81.1 Å². The predicted molar refractivity (Wildman–Crippen MR) is 171 cm³/mol.